The molecule has 0 radical (unpaired) electrons. The number of nitrogens with zero attached hydrogens (tertiary/aromatic N) is 2. The van der Waals surface area contributed by atoms with Gasteiger partial charge in [0, 0.05) is 18.7 Å². The number of hydrogen-bond donors (Lipinski definition) is 1. The molecule has 1 aliphatic rings. The molecule has 0 saturated carbocycles. The number of fused-ring (bicyclic) bond motifs is 1. The quantitative estimate of drug-likeness (QED) is 0.904. The Balaban J connectivity index is 1.97. The standard InChI is InChI=1S/C20H21N3O/c1-13-5-4-6-18-19(11-14(2)23(15(3)24)20(13)18)22-17-9-7-16(12-21)8-10-17/h4-10,14,19,22H,11H2,1-3H3/t14-,19+/m1/s1. The molecule has 3 rings (SSSR count). The zero-order valence-electron chi connectivity index (χ0n) is 14.2. The number of carbonyl (C=O) groups excluding carboxylic acids is 1. The van der Waals surface area contributed by atoms with E-state index in [4.69, 9.17) is 5.26 Å². The number of nitriles is 1. The first-order chi connectivity index (χ1) is 11.5. The summed E-state index contributed by atoms with van der Waals surface area (Å²) in [6, 6.07) is 16.1. The average Bonchev–Trinajstić information content (AvgIpc) is 2.56. The molecule has 122 valence electrons. The summed E-state index contributed by atoms with van der Waals surface area (Å²) < 4.78 is 0. The van der Waals surface area contributed by atoms with E-state index in [0.717, 1.165) is 28.9 Å². The topological polar surface area (TPSA) is 56.1 Å². The van der Waals surface area contributed by atoms with Crippen LogP contribution in [0.4, 0.5) is 11.4 Å². The highest BCUT2D eigenvalue weighted by molar-refractivity contribution is 5.94. The minimum absolute atomic E-state index is 0.0786. The summed E-state index contributed by atoms with van der Waals surface area (Å²) >= 11 is 0. The average molecular weight is 319 g/mol. The Labute approximate surface area is 142 Å². The molecular weight excluding hydrogens is 298 g/mol. The molecule has 1 N–H and O–H groups in total. The van der Waals surface area contributed by atoms with Gasteiger partial charge < -0.3 is 10.2 Å². The van der Waals surface area contributed by atoms with Crippen LogP contribution >= 0.6 is 0 Å². The van der Waals surface area contributed by atoms with Gasteiger partial charge in [0.1, 0.15) is 0 Å². The van der Waals surface area contributed by atoms with E-state index in [1.54, 1.807) is 6.92 Å². The second-order valence-electron chi connectivity index (χ2n) is 6.37. The lowest BCUT2D eigenvalue weighted by Crippen LogP contribution is -2.43. The first-order valence-electron chi connectivity index (χ1n) is 8.17. The lowest BCUT2D eigenvalue weighted by atomic mass is 9.89. The third-order valence-corrected chi connectivity index (χ3v) is 4.60. The van der Waals surface area contributed by atoms with Crippen LogP contribution in [0.15, 0.2) is 42.5 Å². The van der Waals surface area contributed by atoms with Gasteiger partial charge in [-0.05, 0) is 55.7 Å². The van der Waals surface area contributed by atoms with Crippen molar-refractivity contribution in [3.05, 3.63) is 59.2 Å². The van der Waals surface area contributed by atoms with Gasteiger partial charge in [0.25, 0.3) is 0 Å². The van der Waals surface area contributed by atoms with Crippen molar-refractivity contribution in [1.82, 2.24) is 0 Å². The SMILES string of the molecule is CC(=O)N1c2c(C)cccc2[C@@H](Nc2ccc(C#N)cc2)C[C@H]1C. The number of rotatable bonds is 2. The van der Waals surface area contributed by atoms with E-state index < -0.39 is 0 Å². The van der Waals surface area contributed by atoms with Crippen molar-refractivity contribution >= 4 is 17.3 Å². The maximum atomic E-state index is 12.1. The van der Waals surface area contributed by atoms with Gasteiger partial charge in [-0.2, -0.15) is 5.26 Å². The predicted molar refractivity (Wildman–Crippen MR) is 95.9 cm³/mol. The second kappa shape index (κ2) is 6.37. The Hall–Kier alpha value is -2.80. The summed E-state index contributed by atoms with van der Waals surface area (Å²) in [5, 5.41) is 12.5. The molecule has 24 heavy (non-hydrogen) atoms. The van der Waals surface area contributed by atoms with Gasteiger partial charge in [-0.1, -0.05) is 18.2 Å². The first kappa shape index (κ1) is 16.1. The van der Waals surface area contributed by atoms with Crippen LogP contribution < -0.4 is 10.2 Å². The Kier molecular flexibility index (Phi) is 4.26. The third kappa shape index (κ3) is 2.85. The molecule has 2 atom stereocenters. The Bertz CT molecular complexity index is 805. The number of anilines is 2. The molecule has 1 aliphatic heterocycles. The van der Waals surface area contributed by atoms with Crippen molar-refractivity contribution < 1.29 is 4.79 Å². The highest BCUT2D eigenvalue weighted by atomic mass is 16.2. The summed E-state index contributed by atoms with van der Waals surface area (Å²) in [5.41, 5.74) is 4.91. The summed E-state index contributed by atoms with van der Waals surface area (Å²) in [4.78, 5) is 14.0. The molecule has 0 bridgehead atoms. The molecule has 0 spiro atoms. The maximum Gasteiger partial charge on any atom is 0.224 e. The fraction of sp³-hybridized carbons (Fsp3) is 0.300. The van der Waals surface area contributed by atoms with E-state index in [9.17, 15) is 4.79 Å². The van der Waals surface area contributed by atoms with E-state index >= 15 is 0 Å². The van der Waals surface area contributed by atoms with E-state index in [-0.39, 0.29) is 18.0 Å². The third-order valence-electron chi connectivity index (χ3n) is 4.60. The molecule has 1 heterocycles. The largest absolute Gasteiger partial charge is 0.378 e. The van der Waals surface area contributed by atoms with Crippen molar-refractivity contribution in [2.75, 3.05) is 10.2 Å². The van der Waals surface area contributed by atoms with Crippen molar-refractivity contribution in [2.45, 2.75) is 39.3 Å². The van der Waals surface area contributed by atoms with Crippen LogP contribution in [-0.2, 0) is 4.79 Å². The van der Waals surface area contributed by atoms with Gasteiger partial charge in [-0.15, -0.1) is 0 Å². The Morgan fingerprint density at radius 1 is 1.25 bits per heavy atom. The highest BCUT2D eigenvalue weighted by Crippen LogP contribution is 2.40. The van der Waals surface area contributed by atoms with Crippen LogP contribution in [0.3, 0.4) is 0 Å². The van der Waals surface area contributed by atoms with Crippen LogP contribution in [0.5, 0.6) is 0 Å². The molecule has 0 unspecified atom stereocenters. The number of carbonyl (C=O) groups is 1. The van der Waals surface area contributed by atoms with Gasteiger partial charge in [0.05, 0.1) is 23.4 Å². The fourth-order valence-electron chi connectivity index (χ4n) is 3.53. The normalized spacial score (nSPS) is 19.3. The Morgan fingerprint density at radius 3 is 2.58 bits per heavy atom. The van der Waals surface area contributed by atoms with E-state index in [1.165, 1.54) is 0 Å². The zero-order valence-corrected chi connectivity index (χ0v) is 14.2. The highest BCUT2D eigenvalue weighted by Gasteiger charge is 2.33. The number of aryl methyl sites for hydroxylation is 1. The minimum Gasteiger partial charge on any atom is -0.378 e. The summed E-state index contributed by atoms with van der Waals surface area (Å²) in [6.07, 6.45) is 0.843. The molecule has 2 aromatic carbocycles. The monoisotopic (exact) mass is 319 g/mol. The van der Waals surface area contributed by atoms with Gasteiger partial charge in [-0.3, -0.25) is 4.79 Å². The number of amides is 1. The minimum atomic E-state index is 0.0786. The summed E-state index contributed by atoms with van der Waals surface area (Å²) in [5.74, 6) is 0.0786. The van der Waals surface area contributed by atoms with Crippen LogP contribution in [0.2, 0.25) is 0 Å². The second-order valence-corrected chi connectivity index (χ2v) is 6.37. The molecule has 4 nitrogen and oxygen atoms in total. The molecule has 0 aliphatic carbocycles. The Morgan fingerprint density at radius 2 is 1.96 bits per heavy atom. The van der Waals surface area contributed by atoms with Crippen molar-refractivity contribution in [1.29, 1.82) is 5.26 Å². The lowest BCUT2D eigenvalue weighted by Gasteiger charge is -2.40. The number of para-hydroxylation sites is 1. The van der Waals surface area contributed by atoms with E-state index in [2.05, 4.69) is 24.4 Å². The van der Waals surface area contributed by atoms with Gasteiger partial charge in [0.2, 0.25) is 5.91 Å². The van der Waals surface area contributed by atoms with Crippen LogP contribution in [0, 0.1) is 18.3 Å². The van der Waals surface area contributed by atoms with Crippen LogP contribution in [0.1, 0.15) is 43.0 Å². The molecule has 2 aromatic rings. The zero-order chi connectivity index (χ0) is 17.3. The molecule has 0 aromatic heterocycles. The first-order valence-corrected chi connectivity index (χ1v) is 8.17. The molecule has 0 fully saturated rings. The fourth-order valence-corrected chi connectivity index (χ4v) is 3.53. The number of nitrogens with one attached hydrogen (secondary N) is 1. The van der Waals surface area contributed by atoms with Gasteiger partial charge in [-0.25, -0.2) is 0 Å². The predicted octanol–water partition coefficient (Wildman–Crippen LogP) is 4.17. The van der Waals surface area contributed by atoms with Gasteiger partial charge in [0.15, 0.2) is 0 Å². The molecule has 1 amide bonds. The van der Waals surface area contributed by atoms with Gasteiger partial charge >= 0.3 is 0 Å². The molecule has 4 heteroatoms. The van der Waals surface area contributed by atoms with Crippen LogP contribution in [-0.4, -0.2) is 11.9 Å². The molecular formula is C20H21N3O. The summed E-state index contributed by atoms with van der Waals surface area (Å²) in [7, 11) is 0. The lowest BCUT2D eigenvalue weighted by molar-refractivity contribution is -0.117. The van der Waals surface area contributed by atoms with Crippen molar-refractivity contribution in [3.63, 3.8) is 0 Å². The summed E-state index contributed by atoms with van der Waals surface area (Å²) in [6.45, 7) is 5.76. The number of benzene rings is 2. The smallest absolute Gasteiger partial charge is 0.224 e. The molecule has 0 saturated heterocycles. The van der Waals surface area contributed by atoms with E-state index in [0.29, 0.717) is 5.56 Å². The number of hydrogen-bond acceptors (Lipinski definition) is 3. The van der Waals surface area contributed by atoms with Crippen molar-refractivity contribution in [2.24, 2.45) is 0 Å². The van der Waals surface area contributed by atoms with Crippen LogP contribution in [0.25, 0.3) is 0 Å². The maximum absolute atomic E-state index is 12.1. The van der Waals surface area contributed by atoms with E-state index in [1.807, 2.05) is 48.2 Å². The van der Waals surface area contributed by atoms with Crippen molar-refractivity contribution in [3.8, 4) is 6.07 Å².